The van der Waals surface area contributed by atoms with Gasteiger partial charge in [-0.05, 0) is 160 Å². The smallest absolute Gasteiger partial charge is 0.336 e. The van der Waals surface area contributed by atoms with E-state index in [1.165, 1.54) is 37.3 Å². The van der Waals surface area contributed by atoms with E-state index < -0.39 is 150 Å². The molecule has 4 aliphatic carbocycles. The number of allylic oxidation sites excluding steroid dienone is 2. The summed E-state index contributed by atoms with van der Waals surface area (Å²) < 4.78 is 42.5. The number of ether oxygens (including phenoxy) is 6. The van der Waals surface area contributed by atoms with Crippen LogP contribution in [0, 0.1) is 44.8 Å². The lowest BCUT2D eigenvalue weighted by Crippen LogP contribution is -2.68. The number of aliphatic hydroxyl groups is 9. The number of carboxylic acids is 1. The van der Waals surface area contributed by atoms with Crippen LogP contribution in [0.5, 0.6) is 5.75 Å². The fourth-order valence-corrected chi connectivity index (χ4v) is 19.1. The Morgan fingerprint density at radius 2 is 1.55 bits per heavy atom. The Morgan fingerprint density at radius 3 is 2.24 bits per heavy atom. The highest BCUT2D eigenvalue weighted by molar-refractivity contribution is 14.1. The highest BCUT2D eigenvalue weighted by Crippen LogP contribution is 2.66. The summed E-state index contributed by atoms with van der Waals surface area (Å²) in [5, 5.41) is 132. The molecule has 1 amide bonds. The van der Waals surface area contributed by atoms with Gasteiger partial charge in [0.15, 0.2) is 29.2 Å². The van der Waals surface area contributed by atoms with Crippen molar-refractivity contribution in [1.29, 1.82) is 0 Å². The Balaban J connectivity index is 0.847. The number of carboxylic acid groups (broad SMARTS) is 1. The molecule has 6 fully saturated rings. The number of aromatic carboxylic acids is 1. The minimum atomic E-state index is -1.91. The van der Waals surface area contributed by atoms with Crippen molar-refractivity contribution in [3.8, 4) is 28.2 Å². The van der Waals surface area contributed by atoms with Gasteiger partial charge >= 0.3 is 11.9 Å². The van der Waals surface area contributed by atoms with Crippen LogP contribution in [0.25, 0.3) is 33.4 Å². The molecule has 0 spiro atoms. The number of esters is 1. The number of carbonyl (C=O) groups is 4. The van der Waals surface area contributed by atoms with Gasteiger partial charge in [-0.2, -0.15) is 0 Å². The molecule has 0 aromatic heterocycles. The molecule has 28 heteroatoms. The van der Waals surface area contributed by atoms with E-state index in [2.05, 4.69) is 65.4 Å². The predicted octanol–water partition coefficient (Wildman–Crippen LogP) is 6.74. The van der Waals surface area contributed by atoms with Gasteiger partial charge in [0.05, 0.1) is 71.1 Å². The van der Waals surface area contributed by atoms with E-state index >= 15 is 4.79 Å². The van der Waals surface area contributed by atoms with E-state index in [0.717, 1.165) is 37.5 Å². The zero-order valence-corrected chi connectivity index (χ0v) is 63.1. The summed E-state index contributed by atoms with van der Waals surface area (Å²) in [6, 6.07) is 11.9. The highest BCUT2D eigenvalue weighted by Gasteiger charge is 2.63. The Morgan fingerprint density at radius 1 is 0.817 bits per heavy atom. The van der Waals surface area contributed by atoms with Gasteiger partial charge in [0.25, 0.3) is 0 Å². The number of nitrogens with one attached hydrogen (secondary N) is 3. The molecule has 14 N–H and O–H groups in total. The zero-order valence-electron chi connectivity index (χ0n) is 60.2. The monoisotopic (exact) mass is 1590 g/mol. The summed E-state index contributed by atoms with van der Waals surface area (Å²) in [5.41, 5.74) is -1.01. The molecule has 2 aromatic carbocycles. The fraction of sp³-hybridized carbons (Fsp3) is 0.658. The maximum atomic E-state index is 15.8. The molecular weight excluding hydrogens is 1480 g/mol. The Hall–Kier alpha value is -5.39. The number of hydrogen-bond acceptors (Lipinski definition) is 23. The maximum absolute atomic E-state index is 15.8. The SMILES string of the molecule is CCC1(C)CCC2C(C)(CC[C@H](O)C2(C)C=O)C1C/C=C1\CCC(O)[C@](CCC(C)(C)C)(C(=O)O[C@@H]2OC(CO)[C@H](NC(=O)CCCCCNC(=S)Nc3ccc(-c4c5ccc(=O)cc-5oc5cc(O)ccc45)c(C(=O)O)c3)C(O)C2O[C@@H]2OC(C)[C@H](O[C@@H]3OC[C@@H](O)C(O)C3O)C(O)C2CO)C1I. The molecule has 23 atom stereocenters. The summed E-state index contributed by atoms with van der Waals surface area (Å²) >= 11 is 7.82. The van der Waals surface area contributed by atoms with Crippen LogP contribution in [0.4, 0.5) is 5.69 Å². The Kier molecular flexibility index (Phi) is 25.9. The second-order valence-electron chi connectivity index (χ2n) is 31.5. The second-order valence-corrected chi connectivity index (χ2v) is 33.2. The van der Waals surface area contributed by atoms with Crippen LogP contribution >= 0.6 is 34.8 Å². The van der Waals surface area contributed by atoms with Gasteiger partial charge in [-0.25, -0.2) is 4.79 Å². The van der Waals surface area contributed by atoms with Gasteiger partial charge in [-0.1, -0.05) is 102 Å². The average Bonchev–Trinajstić information content (AvgIpc) is 0.712. The van der Waals surface area contributed by atoms with Crippen LogP contribution < -0.4 is 21.4 Å². The first-order valence-electron chi connectivity index (χ1n) is 36.3. The Bertz CT molecular complexity index is 3780. The molecule has 2 aromatic rings. The number of aldehydes is 1. The number of halogens is 1. The molecule has 0 bridgehead atoms. The molecular formula is C76H104IN3O23S. The number of alkyl halides is 1. The number of benzene rings is 3. The third-order valence-corrected chi connectivity index (χ3v) is 25.9. The lowest BCUT2D eigenvalue weighted by atomic mass is 9.42. The van der Waals surface area contributed by atoms with Crippen LogP contribution in [0.3, 0.4) is 0 Å². The number of fused-ring (bicyclic) bond motifs is 3. The van der Waals surface area contributed by atoms with Crippen molar-refractivity contribution in [2.75, 3.05) is 31.7 Å². The molecule has 3 saturated carbocycles. The molecule has 15 unspecified atom stereocenters. The predicted molar refractivity (Wildman–Crippen MR) is 393 cm³/mol. The first-order valence-corrected chi connectivity index (χ1v) is 38.0. The molecule has 26 nitrogen and oxygen atoms in total. The van der Waals surface area contributed by atoms with E-state index in [9.17, 15) is 75.3 Å². The molecule has 104 heavy (non-hydrogen) atoms. The number of aliphatic hydroxyl groups excluding tert-OH is 9. The molecule has 574 valence electrons. The quantitative estimate of drug-likeness (QED) is 0.00504. The molecule has 8 aliphatic rings. The van der Waals surface area contributed by atoms with Crippen LogP contribution in [-0.2, 0) is 42.8 Å². The van der Waals surface area contributed by atoms with E-state index in [1.54, 1.807) is 24.3 Å². The summed E-state index contributed by atoms with van der Waals surface area (Å²) in [6.07, 6.45) is -11.4. The lowest BCUT2D eigenvalue weighted by molar-refractivity contribution is -0.365. The van der Waals surface area contributed by atoms with Crippen LogP contribution in [0.2, 0.25) is 0 Å². The number of carbonyl (C=O) groups excluding carboxylic acids is 3. The van der Waals surface area contributed by atoms with Crippen molar-refractivity contribution in [2.24, 2.45) is 44.8 Å². The number of thiocarbonyl (C=S) groups is 1. The van der Waals surface area contributed by atoms with Crippen molar-refractivity contribution in [1.82, 2.24) is 10.6 Å². The summed E-state index contributed by atoms with van der Waals surface area (Å²) in [4.78, 5) is 68.0. The normalized spacial score (nSPS) is 36.5. The molecule has 0 radical (unpaired) electrons. The Labute approximate surface area is 624 Å². The highest BCUT2D eigenvalue weighted by atomic mass is 127. The van der Waals surface area contributed by atoms with Gasteiger partial charge in [0.1, 0.15) is 65.4 Å². The van der Waals surface area contributed by atoms with Gasteiger partial charge in [0.2, 0.25) is 12.2 Å². The number of amides is 1. The fourth-order valence-electron chi connectivity index (χ4n) is 17.3. The topological polar surface area (TPSA) is 412 Å². The summed E-state index contributed by atoms with van der Waals surface area (Å²) in [5.74, 6) is -4.00. The van der Waals surface area contributed by atoms with Crippen LogP contribution in [-0.4, -0.2) is 208 Å². The van der Waals surface area contributed by atoms with E-state index in [1.807, 2.05) is 27.7 Å². The first-order chi connectivity index (χ1) is 49.2. The molecule has 4 heterocycles. The number of unbranched alkanes of at least 4 members (excludes halogenated alkanes) is 2. The minimum Gasteiger partial charge on any atom is -0.508 e. The van der Waals surface area contributed by atoms with Crippen LogP contribution in [0.1, 0.15) is 156 Å². The number of rotatable bonds is 24. The first kappa shape index (κ1) is 81.1. The van der Waals surface area contributed by atoms with E-state index in [4.69, 9.17) is 45.1 Å². The second kappa shape index (κ2) is 33.2. The van der Waals surface area contributed by atoms with E-state index in [0.29, 0.717) is 79.3 Å². The van der Waals surface area contributed by atoms with Gasteiger partial charge < -0.3 is 110 Å². The molecule has 10 rings (SSSR count). The number of aromatic hydroxyl groups is 1. The third kappa shape index (κ3) is 16.6. The van der Waals surface area contributed by atoms with Crippen molar-refractivity contribution in [3.63, 3.8) is 0 Å². The largest absolute Gasteiger partial charge is 0.508 e. The van der Waals surface area contributed by atoms with Crippen molar-refractivity contribution < 1.29 is 108 Å². The third-order valence-electron chi connectivity index (χ3n) is 23.7. The van der Waals surface area contributed by atoms with Gasteiger partial charge in [0, 0.05) is 47.3 Å². The average molecular weight is 1590 g/mol. The van der Waals surface area contributed by atoms with E-state index in [-0.39, 0.29) is 80.5 Å². The maximum Gasteiger partial charge on any atom is 0.336 e. The van der Waals surface area contributed by atoms with Crippen molar-refractivity contribution in [2.45, 2.75) is 241 Å². The number of phenols is 1. The summed E-state index contributed by atoms with van der Waals surface area (Å²) in [7, 11) is 0. The van der Waals surface area contributed by atoms with Crippen molar-refractivity contribution >= 4 is 80.7 Å². The van der Waals surface area contributed by atoms with Gasteiger partial charge in [-0.3, -0.25) is 14.4 Å². The van der Waals surface area contributed by atoms with Crippen LogP contribution in [0.15, 0.2) is 75.5 Å². The number of anilines is 1. The molecule has 3 saturated heterocycles. The number of phenolic OH excluding ortho intramolecular Hbond substituents is 1. The van der Waals surface area contributed by atoms with Crippen molar-refractivity contribution in [3.05, 3.63) is 82.0 Å². The zero-order chi connectivity index (χ0) is 75.7. The minimum absolute atomic E-state index is 0.0699. The number of hydrogen-bond donors (Lipinski definition) is 14. The van der Waals surface area contributed by atoms with Gasteiger partial charge in [-0.15, -0.1) is 0 Å². The lowest BCUT2D eigenvalue weighted by Gasteiger charge is -2.63. The summed E-state index contributed by atoms with van der Waals surface area (Å²) in [6.45, 7) is 14.4. The molecule has 4 aliphatic heterocycles. The standard InChI is InChI=1S/C76H104IN3O23S/c1-9-73(6)26-24-53-74(7,27-25-54(87)75(53,8)37-83)52(73)22-14-39-15-23-55(88)76(65(39)77,29-28-72(3,4)5)70(96)103-69-64(102-67-47(34-81)59(90)63(38(2)98-67)101-68-62(93)60(91)48(86)36-97-68)61(92)58(51(35-82)100-69)80-56(89)13-11-10-12-30-78-71(104)79-40-16-19-43(46(31-40)66(94)95)57-44-20-17-41(84)32-49(44)99-50-33-42(85)18-21-45(50)57/h14,16-21,31-33,37-38,47-48,51-55,58-65,67-69,81-82,84,86-88,90-93H,9-13,15,22-30,34-36H2,1-8H3,(H,80,89)(H,94,95)(H2,78,79,104)/b39-14+/t38?,47?,48-,51?,52?,53?,54+,55?,58+,59?,60?,61?,62?,63+,64?,65?,67+,68+,69+,73?,74?,75?,76+/m1/s1.